The normalized spacial score (nSPS) is 15.5. The number of aromatic nitrogens is 2. The van der Waals surface area contributed by atoms with Crippen LogP contribution in [0.5, 0.6) is 11.5 Å². The Morgan fingerprint density at radius 3 is 2.78 bits per heavy atom. The van der Waals surface area contributed by atoms with Crippen molar-refractivity contribution >= 4 is 5.91 Å². The maximum Gasteiger partial charge on any atom is 0.435 e. The number of nitrogens with zero attached hydrogens (tertiary/aromatic N) is 2. The number of benzene rings is 1. The van der Waals surface area contributed by atoms with Gasteiger partial charge in [-0.3, -0.25) is 9.48 Å². The van der Waals surface area contributed by atoms with Crippen LogP contribution in [-0.4, -0.2) is 29.0 Å². The van der Waals surface area contributed by atoms with Crippen molar-refractivity contribution in [3.63, 3.8) is 0 Å². The Morgan fingerprint density at radius 1 is 1.19 bits per heavy atom. The number of carbonyl (C=O) groups excluding carboxylic acids is 1. The maximum absolute atomic E-state index is 13.2. The van der Waals surface area contributed by atoms with Crippen molar-refractivity contribution in [3.8, 4) is 11.5 Å². The molecule has 0 atom stereocenters. The average Bonchev–Trinajstić information content (AvgIpc) is 3.25. The Morgan fingerprint density at radius 2 is 1.96 bits per heavy atom. The summed E-state index contributed by atoms with van der Waals surface area (Å²) in [6, 6.07) is 4.84. The minimum Gasteiger partial charge on any atom is -0.454 e. The Hall–Kier alpha value is -2.71. The minimum absolute atomic E-state index is 0.117. The standard InChI is InChI=1S/C18H18F3N3O3/c19-18(20,21)16-12-3-1-2-4-13(12)24(23-16)8-7-22-17(25)11-5-6-14-15(9-11)27-10-26-14/h5-6,9H,1-4,7-8,10H2,(H,22,25). The van der Waals surface area contributed by atoms with Crippen LogP contribution >= 0.6 is 0 Å². The van der Waals surface area contributed by atoms with E-state index in [0.29, 0.717) is 41.2 Å². The molecule has 2 heterocycles. The van der Waals surface area contributed by atoms with E-state index in [1.807, 2.05) is 0 Å². The Labute approximate surface area is 153 Å². The molecule has 0 spiro atoms. The van der Waals surface area contributed by atoms with Crippen LogP contribution in [0.25, 0.3) is 0 Å². The first-order valence-electron chi connectivity index (χ1n) is 8.77. The smallest absolute Gasteiger partial charge is 0.435 e. The molecule has 1 N–H and O–H groups in total. The fourth-order valence-corrected chi connectivity index (χ4v) is 3.50. The van der Waals surface area contributed by atoms with Crippen molar-refractivity contribution in [3.05, 3.63) is 40.7 Å². The summed E-state index contributed by atoms with van der Waals surface area (Å²) < 4.78 is 51.4. The molecule has 0 saturated carbocycles. The lowest BCUT2D eigenvalue weighted by atomic mass is 9.95. The monoisotopic (exact) mass is 381 g/mol. The van der Waals surface area contributed by atoms with Crippen LogP contribution in [0.2, 0.25) is 0 Å². The lowest BCUT2D eigenvalue weighted by Crippen LogP contribution is -2.28. The average molecular weight is 381 g/mol. The van der Waals surface area contributed by atoms with Crippen LogP contribution in [0.3, 0.4) is 0 Å². The number of hydrogen-bond donors (Lipinski definition) is 1. The van der Waals surface area contributed by atoms with E-state index >= 15 is 0 Å². The van der Waals surface area contributed by atoms with Gasteiger partial charge in [0.15, 0.2) is 17.2 Å². The van der Waals surface area contributed by atoms with Crippen LogP contribution in [0.1, 0.15) is 40.2 Å². The van der Waals surface area contributed by atoms with Gasteiger partial charge in [0, 0.05) is 23.4 Å². The van der Waals surface area contributed by atoms with Crippen LogP contribution in [-0.2, 0) is 25.6 Å². The molecule has 0 radical (unpaired) electrons. The quantitative estimate of drug-likeness (QED) is 0.885. The zero-order valence-corrected chi connectivity index (χ0v) is 14.4. The molecule has 1 aliphatic carbocycles. The second-order valence-electron chi connectivity index (χ2n) is 6.53. The van der Waals surface area contributed by atoms with E-state index in [4.69, 9.17) is 9.47 Å². The van der Waals surface area contributed by atoms with E-state index in [1.54, 1.807) is 18.2 Å². The highest BCUT2D eigenvalue weighted by Gasteiger charge is 2.39. The lowest BCUT2D eigenvalue weighted by molar-refractivity contribution is -0.142. The van der Waals surface area contributed by atoms with Crippen molar-refractivity contribution < 1.29 is 27.4 Å². The molecule has 1 aromatic carbocycles. The summed E-state index contributed by atoms with van der Waals surface area (Å²) in [5.74, 6) is 0.749. The van der Waals surface area contributed by atoms with Crippen LogP contribution < -0.4 is 14.8 Å². The Kier molecular flexibility index (Phi) is 4.45. The van der Waals surface area contributed by atoms with Crippen LogP contribution in [0.15, 0.2) is 18.2 Å². The molecule has 1 aromatic heterocycles. The third-order valence-electron chi connectivity index (χ3n) is 4.77. The molecule has 27 heavy (non-hydrogen) atoms. The van der Waals surface area contributed by atoms with E-state index in [-0.39, 0.29) is 25.8 Å². The molecule has 1 aliphatic heterocycles. The first-order chi connectivity index (χ1) is 12.9. The molecule has 0 unspecified atom stereocenters. The zero-order chi connectivity index (χ0) is 19.0. The topological polar surface area (TPSA) is 65.4 Å². The molecule has 144 valence electrons. The summed E-state index contributed by atoms with van der Waals surface area (Å²) in [5, 5.41) is 6.50. The van der Waals surface area contributed by atoms with Gasteiger partial charge in [-0.2, -0.15) is 18.3 Å². The SMILES string of the molecule is O=C(NCCn1nc(C(F)(F)F)c2c1CCCC2)c1ccc2c(c1)OCO2. The van der Waals surface area contributed by atoms with Gasteiger partial charge in [-0.25, -0.2) is 0 Å². The zero-order valence-electron chi connectivity index (χ0n) is 14.4. The highest BCUT2D eigenvalue weighted by Crippen LogP contribution is 2.36. The molecule has 2 aromatic rings. The highest BCUT2D eigenvalue weighted by atomic mass is 19.4. The molecule has 2 aliphatic rings. The van der Waals surface area contributed by atoms with Crippen molar-refractivity contribution in [1.82, 2.24) is 15.1 Å². The summed E-state index contributed by atoms with van der Waals surface area (Å²) in [6.45, 7) is 0.486. The van der Waals surface area contributed by atoms with E-state index in [0.717, 1.165) is 12.8 Å². The minimum atomic E-state index is -4.46. The molecule has 9 heteroatoms. The highest BCUT2D eigenvalue weighted by molar-refractivity contribution is 5.94. The van der Waals surface area contributed by atoms with Gasteiger partial charge in [-0.05, 0) is 43.9 Å². The van der Waals surface area contributed by atoms with E-state index in [2.05, 4.69) is 10.4 Å². The van der Waals surface area contributed by atoms with Gasteiger partial charge >= 0.3 is 6.18 Å². The summed E-state index contributed by atoms with van der Waals surface area (Å²) in [6.07, 6.45) is -1.90. The summed E-state index contributed by atoms with van der Waals surface area (Å²) in [7, 11) is 0. The predicted octanol–water partition coefficient (Wildman–Crippen LogP) is 2.94. The van der Waals surface area contributed by atoms with E-state index in [9.17, 15) is 18.0 Å². The molecule has 0 fully saturated rings. The largest absolute Gasteiger partial charge is 0.454 e. The summed E-state index contributed by atoms with van der Waals surface area (Å²) in [5.41, 5.74) is 0.541. The van der Waals surface area contributed by atoms with E-state index in [1.165, 1.54) is 4.68 Å². The molecular weight excluding hydrogens is 363 g/mol. The number of nitrogens with one attached hydrogen (secondary N) is 1. The molecule has 0 bridgehead atoms. The number of ether oxygens (including phenoxy) is 2. The van der Waals surface area contributed by atoms with Gasteiger partial charge in [0.05, 0.1) is 6.54 Å². The van der Waals surface area contributed by atoms with Crippen molar-refractivity contribution in [2.45, 2.75) is 38.4 Å². The van der Waals surface area contributed by atoms with E-state index < -0.39 is 11.9 Å². The van der Waals surface area contributed by atoms with Gasteiger partial charge in [-0.1, -0.05) is 0 Å². The second kappa shape index (κ2) is 6.79. The van der Waals surface area contributed by atoms with Crippen molar-refractivity contribution in [1.29, 1.82) is 0 Å². The number of hydrogen-bond acceptors (Lipinski definition) is 4. The fraction of sp³-hybridized carbons (Fsp3) is 0.444. The Bertz CT molecular complexity index is 877. The molecular formula is C18H18F3N3O3. The summed E-state index contributed by atoms with van der Waals surface area (Å²) >= 11 is 0. The third-order valence-corrected chi connectivity index (χ3v) is 4.77. The molecule has 1 amide bonds. The lowest BCUT2D eigenvalue weighted by Gasteiger charge is -2.15. The predicted molar refractivity (Wildman–Crippen MR) is 88.8 cm³/mol. The van der Waals surface area contributed by atoms with Gasteiger partial charge < -0.3 is 14.8 Å². The maximum atomic E-state index is 13.2. The third kappa shape index (κ3) is 3.45. The van der Waals surface area contributed by atoms with Crippen molar-refractivity contribution in [2.75, 3.05) is 13.3 Å². The van der Waals surface area contributed by atoms with Gasteiger partial charge in [0.1, 0.15) is 0 Å². The van der Waals surface area contributed by atoms with Gasteiger partial charge in [-0.15, -0.1) is 0 Å². The second-order valence-corrected chi connectivity index (χ2v) is 6.53. The number of halogens is 3. The molecule has 0 saturated heterocycles. The molecule has 4 rings (SSSR count). The molecule has 6 nitrogen and oxygen atoms in total. The number of amides is 1. The fourth-order valence-electron chi connectivity index (χ4n) is 3.50. The van der Waals surface area contributed by atoms with Gasteiger partial charge in [0.25, 0.3) is 5.91 Å². The summed E-state index contributed by atoms with van der Waals surface area (Å²) in [4.78, 5) is 12.3. The Balaban J connectivity index is 1.43. The number of alkyl halides is 3. The first-order valence-corrected chi connectivity index (χ1v) is 8.77. The van der Waals surface area contributed by atoms with Crippen LogP contribution in [0, 0.1) is 0 Å². The van der Waals surface area contributed by atoms with Gasteiger partial charge in [0.2, 0.25) is 6.79 Å². The van der Waals surface area contributed by atoms with Crippen LogP contribution in [0.4, 0.5) is 13.2 Å². The van der Waals surface area contributed by atoms with Crippen molar-refractivity contribution in [2.24, 2.45) is 0 Å². The first kappa shape index (κ1) is 17.7. The number of fused-ring (bicyclic) bond motifs is 2. The number of carbonyl (C=O) groups is 1. The number of rotatable bonds is 4.